The van der Waals surface area contributed by atoms with Crippen LogP contribution in [0.1, 0.15) is 30.1 Å². The van der Waals surface area contributed by atoms with Gasteiger partial charge in [-0.3, -0.25) is 4.90 Å². The average molecular weight is 266 g/mol. The van der Waals surface area contributed by atoms with Crippen molar-refractivity contribution in [2.24, 2.45) is 0 Å². The van der Waals surface area contributed by atoms with Gasteiger partial charge in [-0.05, 0) is 30.4 Å². The van der Waals surface area contributed by atoms with Crippen LogP contribution in [-0.4, -0.2) is 36.5 Å². The van der Waals surface area contributed by atoms with Crippen LogP contribution in [0.4, 0.5) is 0 Å². The van der Waals surface area contributed by atoms with Crippen LogP contribution >= 0.6 is 11.6 Å². The molecule has 1 fully saturated rings. The van der Waals surface area contributed by atoms with Gasteiger partial charge in [-0.1, -0.05) is 24.3 Å². The zero-order valence-electron chi connectivity index (χ0n) is 10.6. The van der Waals surface area contributed by atoms with Gasteiger partial charge in [0.1, 0.15) is 0 Å². The molecule has 1 atom stereocenters. The number of ether oxygens (including phenoxy) is 1. The van der Waals surface area contributed by atoms with Gasteiger partial charge < -0.3 is 4.74 Å². The zero-order chi connectivity index (χ0) is 12.4. The number of nitrogens with zero attached hydrogens (tertiary/aromatic N) is 1. The zero-order valence-corrected chi connectivity index (χ0v) is 11.4. The Morgan fingerprint density at radius 1 is 1.28 bits per heavy atom. The van der Waals surface area contributed by atoms with Gasteiger partial charge in [0.15, 0.2) is 0 Å². The predicted octanol–water partition coefficient (Wildman–Crippen LogP) is 3.00. The first-order valence-electron chi connectivity index (χ1n) is 6.88. The minimum Gasteiger partial charge on any atom is -0.372 e. The Kier molecular flexibility index (Phi) is 3.88. The van der Waals surface area contributed by atoms with Gasteiger partial charge in [0.2, 0.25) is 0 Å². The van der Waals surface area contributed by atoms with Crippen LogP contribution in [-0.2, 0) is 11.2 Å². The standard InChI is InChI=1S/C15H20ClNO/c16-8-9-17(13-5-6-13)11-15-14-4-2-1-3-12(14)7-10-18-15/h1-4,13,15H,5-11H2. The molecular formula is C15H20ClNO. The quantitative estimate of drug-likeness (QED) is 0.759. The molecular weight excluding hydrogens is 246 g/mol. The summed E-state index contributed by atoms with van der Waals surface area (Å²) in [6, 6.07) is 9.43. The topological polar surface area (TPSA) is 12.5 Å². The van der Waals surface area contributed by atoms with Crippen molar-refractivity contribution in [1.29, 1.82) is 0 Å². The number of fused-ring (bicyclic) bond motifs is 1. The summed E-state index contributed by atoms with van der Waals surface area (Å²) in [4.78, 5) is 2.50. The molecule has 1 aliphatic carbocycles. The number of rotatable bonds is 5. The Balaban J connectivity index is 1.72. The van der Waals surface area contributed by atoms with Gasteiger partial charge >= 0.3 is 0 Å². The van der Waals surface area contributed by atoms with E-state index >= 15 is 0 Å². The van der Waals surface area contributed by atoms with Crippen LogP contribution in [0.5, 0.6) is 0 Å². The largest absolute Gasteiger partial charge is 0.372 e. The van der Waals surface area contributed by atoms with Gasteiger partial charge in [-0.15, -0.1) is 11.6 Å². The molecule has 0 radical (unpaired) electrons. The van der Waals surface area contributed by atoms with E-state index in [1.807, 2.05) is 0 Å². The molecule has 0 aromatic heterocycles. The third-order valence-corrected chi connectivity index (χ3v) is 4.10. The smallest absolute Gasteiger partial charge is 0.0954 e. The number of hydrogen-bond donors (Lipinski definition) is 0. The summed E-state index contributed by atoms with van der Waals surface area (Å²) in [6.45, 7) is 2.82. The second-order valence-electron chi connectivity index (χ2n) is 5.22. The Labute approximate surface area is 114 Å². The molecule has 3 heteroatoms. The van der Waals surface area contributed by atoms with E-state index in [4.69, 9.17) is 16.3 Å². The van der Waals surface area contributed by atoms with Crippen molar-refractivity contribution in [3.05, 3.63) is 35.4 Å². The Morgan fingerprint density at radius 2 is 2.11 bits per heavy atom. The summed E-state index contributed by atoms with van der Waals surface area (Å²) in [6.07, 6.45) is 3.93. The van der Waals surface area contributed by atoms with Crippen molar-refractivity contribution in [3.8, 4) is 0 Å². The molecule has 3 rings (SSSR count). The maximum absolute atomic E-state index is 5.97. The second kappa shape index (κ2) is 5.60. The van der Waals surface area contributed by atoms with Crippen molar-refractivity contribution in [2.75, 3.05) is 25.6 Å². The van der Waals surface area contributed by atoms with Gasteiger partial charge in [-0.25, -0.2) is 0 Å². The van der Waals surface area contributed by atoms with Crippen molar-refractivity contribution in [3.63, 3.8) is 0 Å². The molecule has 1 saturated carbocycles. The molecule has 2 aliphatic rings. The van der Waals surface area contributed by atoms with E-state index in [1.54, 1.807) is 0 Å². The Hall–Kier alpha value is -0.570. The first-order chi connectivity index (χ1) is 8.88. The van der Waals surface area contributed by atoms with Crippen LogP contribution in [0.25, 0.3) is 0 Å². The third kappa shape index (κ3) is 2.71. The highest BCUT2D eigenvalue weighted by molar-refractivity contribution is 6.18. The van der Waals surface area contributed by atoms with Crippen LogP contribution in [0, 0.1) is 0 Å². The summed E-state index contributed by atoms with van der Waals surface area (Å²) >= 11 is 5.90. The summed E-state index contributed by atoms with van der Waals surface area (Å²) in [7, 11) is 0. The molecule has 1 aromatic rings. The monoisotopic (exact) mass is 265 g/mol. The summed E-state index contributed by atoms with van der Waals surface area (Å²) in [5, 5.41) is 0. The lowest BCUT2D eigenvalue weighted by Crippen LogP contribution is -2.35. The molecule has 0 amide bonds. The molecule has 1 aromatic carbocycles. The molecule has 0 spiro atoms. The minimum atomic E-state index is 0.235. The number of benzene rings is 1. The fourth-order valence-electron chi connectivity index (χ4n) is 2.81. The van der Waals surface area contributed by atoms with Crippen molar-refractivity contribution < 1.29 is 4.74 Å². The maximum atomic E-state index is 5.97. The predicted molar refractivity (Wildman–Crippen MR) is 74.2 cm³/mol. The highest BCUT2D eigenvalue weighted by Crippen LogP contribution is 2.32. The third-order valence-electron chi connectivity index (χ3n) is 3.93. The summed E-state index contributed by atoms with van der Waals surface area (Å²) in [5.74, 6) is 0.713. The number of halogens is 1. The first-order valence-corrected chi connectivity index (χ1v) is 7.41. The van der Waals surface area contributed by atoms with Crippen LogP contribution in [0.15, 0.2) is 24.3 Å². The first kappa shape index (κ1) is 12.5. The highest BCUT2D eigenvalue weighted by atomic mass is 35.5. The SMILES string of the molecule is ClCCN(CC1OCCc2ccccc21)C1CC1. The van der Waals surface area contributed by atoms with E-state index in [0.717, 1.165) is 32.2 Å². The summed E-state index contributed by atoms with van der Waals surface area (Å²) in [5.41, 5.74) is 2.83. The van der Waals surface area contributed by atoms with E-state index in [-0.39, 0.29) is 6.10 Å². The van der Waals surface area contributed by atoms with Crippen molar-refractivity contribution >= 4 is 11.6 Å². The molecule has 1 unspecified atom stereocenters. The minimum absolute atomic E-state index is 0.235. The average Bonchev–Trinajstić information content (AvgIpc) is 3.23. The molecule has 2 nitrogen and oxygen atoms in total. The molecule has 98 valence electrons. The van der Waals surface area contributed by atoms with E-state index in [0.29, 0.717) is 5.88 Å². The van der Waals surface area contributed by atoms with E-state index in [1.165, 1.54) is 24.0 Å². The molecule has 1 heterocycles. The molecule has 1 aliphatic heterocycles. The van der Waals surface area contributed by atoms with Crippen LogP contribution < -0.4 is 0 Å². The van der Waals surface area contributed by atoms with Gasteiger partial charge in [0, 0.05) is 25.0 Å². The normalized spacial score (nSPS) is 23.1. The van der Waals surface area contributed by atoms with Crippen LogP contribution in [0.2, 0.25) is 0 Å². The number of hydrogen-bond acceptors (Lipinski definition) is 2. The maximum Gasteiger partial charge on any atom is 0.0954 e. The fourth-order valence-corrected chi connectivity index (χ4v) is 3.03. The summed E-state index contributed by atoms with van der Waals surface area (Å²) < 4.78 is 5.97. The van der Waals surface area contributed by atoms with E-state index < -0.39 is 0 Å². The van der Waals surface area contributed by atoms with Crippen LogP contribution in [0.3, 0.4) is 0 Å². The number of alkyl halides is 1. The Bertz CT molecular complexity index is 405. The lowest BCUT2D eigenvalue weighted by atomic mass is 9.97. The lowest BCUT2D eigenvalue weighted by molar-refractivity contribution is 0.0153. The van der Waals surface area contributed by atoms with Gasteiger partial charge in [0.05, 0.1) is 12.7 Å². The highest BCUT2D eigenvalue weighted by Gasteiger charge is 2.32. The van der Waals surface area contributed by atoms with Gasteiger partial charge in [-0.2, -0.15) is 0 Å². The van der Waals surface area contributed by atoms with E-state index in [2.05, 4.69) is 29.2 Å². The van der Waals surface area contributed by atoms with E-state index in [9.17, 15) is 0 Å². The lowest BCUT2D eigenvalue weighted by Gasteiger charge is -2.31. The fraction of sp³-hybridized carbons (Fsp3) is 0.600. The van der Waals surface area contributed by atoms with Gasteiger partial charge in [0.25, 0.3) is 0 Å². The molecule has 0 bridgehead atoms. The second-order valence-corrected chi connectivity index (χ2v) is 5.60. The van der Waals surface area contributed by atoms with Crippen molar-refractivity contribution in [2.45, 2.75) is 31.4 Å². The molecule has 18 heavy (non-hydrogen) atoms. The molecule has 0 N–H and O–H groups in total. The Morgan fingerprint density at radius 3 is 2.89 bits per heavy atom. The van der Waals surface area contributed by atoms with Crippen molar-refractivity contribution in [1.82, 2.24) is 4.90 Å². The molecule has 0 saturated heterocycles.